The number of ether oxygens (including phenoxy) is 3. The highest BCUT2D eigenvalue weighted by Crippen LogP contribution is 2.33. The van der Waals surface area contributed by atoms with Crippen LogP contribution in [-0.2, 0) is 27.4 Å². The predicted octanol–water partition coefficient (Wildman–Crippen LogP) is 3.23. The van der Waals surface area contributed by atoms with Crippen LogP contribution in [0, 0.1) is 0 Å². The number of nitrogens with zero attached hydrogens (tertiary/aromatic N) is 1. The van der Waals surface area contributed by atoms with Gasteiger partial charge < -0.3 is 19.5 Å². The molecule has 0 radical (unpaired) electrons. The van der Waals surface area contributed by atoms with Crippen molar-refractivity contribution in [3.8, 4) is 22.1 Å². The van der Waals surface area contributed by atoms with E-state index < -0.39 is 5.97 Å². The van der Waals surface area contributed by atoms with Crippen LogP contribution in [0.2, 0.25) is 0 Å². The van der Waals surface area contributed by atoms with Gasteiger partial charge in [0.15, 0.2) is 11.5 Å². The molecule has 7 nitrogen and oxygen atoms in total. The molecule has 0 saturated heterocycles. The highest BCUT2D eigenvalue weighted by atomic mass is 32.1. The van der Waals surface area contributed by atoms with Gasteiger partial charge in [-0.1, -0.05) is 30.3 Å². The van der Waals surface area contributed by atoms with Gasteiger partial charge in [-0.05, 0) is 23.8 Å². The first kappa shape index (κ1) is 21.3. The van der Waals surface area contributed by atoms with Gasteiger partial charge in [-0.3, -0.25) is 9.59 Å². The highest BCUT2D eigenvalue weighted by Gasteiger charge is 2.12. The van der Waals surface area contributed by atoms with E-state index in [-0.39, 0.29) is 25.5 Å². The van der Waals surface area contributed by atoms with Gasteiger partial charge in [-0.2, -0.15) is 0 Å². The molecule has 30 heavy (non-hydrogen) atoms. The maximum absolute atomic E-state index is 11.9. The lowest BCUT2D eigenvalue weighted by Crippen LogP contribution is -2.31. The summed E-state index contributed by atoms with van der Waals surface area (Å²) in [5.74, 6) is 0.505. The molecule has 0 saturated carbocycles. The second-order valence-electron chi connectivity index (χ2n) is 6.31. The lowest BCUT2D eigenvalue weighted by atomic mass is 10.1. The molecule has 0 aliphatic carbocycles. The molecule has 1 amide bonds. The molecule has 1 heterocycles. The molecule has 2 aromatic carbocycles. The van der Waals surface area contributed by atoms with E-state index in [2.05, 4.69) is 10.3 Å². The maximum Gasteiger partial charge on any atom is 0.325 e. The topological polar surface area (TPSA) is 86.8 Å². The van der Waals surface area contributed by atoms with Gasteiger partial charge in [-0.15, -0.1) is 11.3 Å². The van der Waals surface area contributed by atoms with Crippen molar-refractivity contribution in [2.45, 2.75) is 13.0 Å². The Morgan fingerprint density at radius 3 is 2.53 bits per heavy atom. The van der Waals surface area contributed by atoms with E-state index in [1.807, 2.05) is 53.9 Å². The molecule has 3 aromatic rings. The van der Waals surface area contributed by atoms with Gasteiger partial charge in [0, 0.05) is 10.9 Å². The SMILES string of the molecule is COc1ccc(-c2nc(COC(=O)CNC(=O)Cc3ccccc3)cs2)cc1OC. The molecule has 0 aliphatic heterocycles. The third-order valence-corrected chi connectivity index (χ3v) is 5.14. The lowest BCUT2D eigenvalue weighted by Gasteiger charge is -2.08. The summed E-state index contributed by atoms with van der Waals surface area (Å²) in [7, 11) is 3.16. The Bertz CT molecular complexity index is 1000. The zero-order valence-corrected chi connectivity index (χ0v) is 17.5. The molecule has 1 N–H and O–H groups in total. The summed E-state index contributed by atoms with van der Waals surface area (Å²) in [6.45, 7) is -0.143. The number of esters is 1. The van der Waals surface area contributed by atoms with Crippen LogP contribution in [0.25, 0.3) is 10.6 Å². The normalized spacial score (nSPS) is 10.3. The molecule has 0 unspecified atom stereocenters. The Balaban J connectivity index is 1.48. The Morgan fingerprint density at radius 2 is 1.80 bits per heavy atom. The van der Waals surface area contributed by atoms with Gasteiger partial charge >= 0.3 is 5.97 Å². The van der Waals surface area contributed by atoms with Crippen LogP contribution >= 0.6 is 11.3 Å². The fraction of sp³-hybridized carbons (Fsp3) is 0.227. The summed E-state index contributed by atoms with van der Waals surface area (Å²) in [5, 5.41) is 5.17. The lowest BCUT2D eigenvalue weighted by molar-refractivity contribution is -0.145. The van der Waals surface area contributed by atoms with Crippen LogP contribution in [0.4, 0.5) is 0 Å². The zero-order valence-electron chi connectivity index (χ0n) is 16.7. The standard InChI is InChI=1S/C22H22N2O5S/c1-27-18-9-8-16(11-19(18)28-2)22-24-17(14-30-22)13-29-21(26)12-23-20(25)10-15-6-4-3-5-7-15/h3-9,11,14H,10,12-13H2,1-2H3,(H,23,25). The minimum Gasteiger partial charge on any atom is -0.493 e. The number of thiazole rings is 1. The van der Waals surface area contributed by atoms with Crippen molar-refractivity contribution in [1.82, 2.24) is 10.3 Å². The first-order chi connectivity index (χ1) is 14.6. The Labute approximate surface area is 178 Å². The summed E-state index contributed by atoms with van der Waals surface area (Å²) in [4.78, 5) is 28.3. The van der Waals surface area contributed by atoms with Crippen LogP contribution in [0.5, 0.6) is 11.5 Å². The number of benzene rings is 2. The van der Waals surface area contributed by atoms with Gasteiger partial charge in [0.25, 0.3) is 0 Å². The molecule has 156 valence electrons. The van der Waals surface area contributed by atoms with E-state index in [9.17, 15) is 9.59 Å². The minimum absolute atomic E-state index is 0.0389. The van der Waals surface area contributed by atoms with E-state index in [1.54, 1.807) is 14.2 Å². The second kappa shape index (κ2) is 10.4. The molecule has 0 fully saturated rings. The minimum atomic E-state index is -0.517. The average molecular weight is 426 g/mol. The molecule has 8 heteroatoms. The largest absolute Gasteiger partial charge is 0.493 e. The van der Waals surface area contributed by atoms with Crippen molar-refractivity contribution in [3.05, 3.63) is 65.2 Å². The summed E-state index contributed by atoms with van der Waals surface area (Å²) >= 11 is 1.44. The van der Waals surface area contributed by atoms with E-state index >= 15 is 0 Å². The van der Waals surface area contributed by atoms with Crippen molar-refractivity contribution >= 4 is 23.2 Å². The van der Waals surface area contributed by atoms with Gasteiger partial charge in [0.2, 0.25) is 5.91 Å². The molecule has 0 spiro atoms. The summed E-state index contributed by atoms with van der Waals surface area (Å²) in [6.07, 6.45) is 0.217. The fourth-order valence-corrected chi connectivity index (χ4v) is 3.50. The first-order valence-corrected chi connectivity index (χ1v) is 10.1. The molecule has 1 aromatic heterocycles. The number of methoxy groups -OCH3 is 2. The van der Waals surface area contributed by atoms with Crippen molar-refractivity contribution in [1.29, 1.82) is 0 Å². The monoisotopic (exact) mass is 426 g/mol. The fourth-order valence-electron chi connectivity index (χ4n) is 2.70. The van der Waals surface area contributed by atoms with Crippen LogP contribution in [0.15, 0.2) is 53.9 Å². The van der Waals surface area contributed by atoms with Gasteiger partial charge in [0.05, 0.1) is 26.3 Å². The van der Waals surface area contributed by atoms with Crippen LogP contribution in [0.3, 0.4) is 0 Å². The van der Waals surface area contributed by atoms with Crippen molar-refractivity contribution < 1.29 is 23.8 Å². The Hall–Kier alpha value is -3.39. The maximum atomic E-state index is 11.9. The number of hydrogen-bond donors (Lipinski definition) is 1. The molecular weight excluding hydrogens is 404 g/mol. The Kier molecular flexibility index (Phi) is 7.40. The van der Waals surface area contributed by atoms with E-state index in [0.717, 1.165) is 16.1 Å². The van der Waals surface area contributed by atoms with E-state index in [0.29, 0.717) is 17.2 Å². The van der Waals surface area contributed by atoms with Gasteiger partial charge in [-0.25, -0.2) is 4.98 Å². The molecule has 0 atom stereocenters. The van der Waals surface area contributed by atoms with Crippen molar-refractivity contribution in [3.63, 3.8) is 0 Å². The van der Waals surface area contributed by atoms with Crippen molar-refractivity contribution in [2.24, 2.45) is 0 Å². The molecule has 3 rings (SSSR count). The average Bonchev–Trinajstić information content (AvgIpc) is 3.25. The van der Waals surface area contributed by atoms with Gasteiger partial charge in [0.1, 0.15) is 18.2 Å². The zero-order chi connectivity index (χ0) is 21.3. The smallest absolute Gasteiger partial charge is 0.325 e. The predicted molar refractivity (Wildman–Crippen MR) is 114 cm³/mol. The number of aromatic nitrogens is 1. The third kappa shape index (κ3) is 5.81. The molecular formula is C22H22N2O5S. The number of amides is 1. The highest BCUT2D eigenvalue weighted by molar-refractivity contribution is 7.13. The summed E-state index contributed by atoms with van der Waals surface area (Å²) in [5.41, 5.74) is 2.39. The first-order valence-electron chi connectivity index (χ1n) is 9.22. The second-order valence-corrected chi connectivity index (χ2v) is 7.17. The number of hydrogen-bond acceptors (Lipinski definition) is 7. The number of rotatable bonds is 9. The third-order valence-electron chi connectivity index (χ3n) is 4.20. The number of carbonyl (C=O) groups excluding carboxylic acids is 2. The molecule has 0 bridgehead atoms. The van der Waals surface area contributed by atoms with Crippen LogP contribution in [0.1, 0.15) is 11.3 Å². The van der Waals surface area contributed by atoms with Crippen molar-refractivity contribution in [2.75, 3.05) is 20.8 Å². The van der Waals surface area contributed by atoms with Crippen LogP contribution in [-0.4, -0.2) is 37.6 Å². The quantitative estimate of drug-likeness (QED) is 0.529. The molecule has 0 aliphatic rings. The van der Waals surface area contributed by atoms with E-state index in [1.165, 1.54) is 11.3 Å². The summed E-state index contributed by atoms with van der Waals surface area (Å²) < 4.78 is 15.8. The Morgan fingerprint density at radius 1 is 1.03 bits per heavy atom. The van der Waals surface area contributed by atoms with Crippen LogP contribution < -0.4 is 14.8 Å². The number of nitrogens with one attached hydrogen (secondary N) is 1. The number of carbonyl (C=O) groups is 2. The van der Waals surface area contributed by atoms with E-state index in [4.69, 9.17) is 14.2 Å². The summed E-state index contributed by atoms with van der Waals surface area (Å²) in [6, 6.07) is 14.9.